The molecule has 0 heterocycles. The minimum atomic E-state index is -2.86. The van der Waals surface area contributed by atoms with Gasteiger partial charge in [0.2, 0.25) is 0 Å². The standard InChI is InChI=1S/C28H26OSi2/c1-3-30(4-2,25-17-9-5-10-18-25)29-31(26-19-11-6-12-20-26,27-21-13-7-14-22-27)28-23-15-8-16-24-28/h3-24H,1-2H2. The van der Waals surface area contributed by atoms with Gasteiger partial charge in [-0.2, -0.15) is 0 Å². The highest BCUT2D eigenvalue weighted by molar-refractivity contribution is 7.13. The SMILES string of the molecule is C=C[Si](C=C)(O[Si](c1ccccc1)(c1ccccc1)c1ccccc1)c1ccccc1. The second-order valence-corrected chi connectivity index (χ2v) is 14.3. The molecule has 0 radical (unpaired) electrons. The molecular formula is C28H26OSi2. The molecule has 0 fully saturated rings. The highest BCUT2D eigenvalue weighted by atomic mass is 28.4. The Morgan fingerprint density at radius 3 is 1.03 bits per heavy atom. The van der Waals surface area contributed by atoms with Gasteiger partial charge < -0.3 is 4.12 Å². The van der Waals surface area contributed by atoms with Crippen LogP contribution in [0.4, 0.5) is 0 Å². The normalized spacial score (nSPS) is 11.6. The summed E-state index contributed by atoms with van der Waals surface area (Å²) in [6.07, 6.45) is 0. The van der Waals surface area contributed by atoms with Crippen molar-refractivity contribution in [2.75, 3.05) is 0 Å². The van der Waals surface area contributed by atoms with Gasteiger partial charge in [0.25, 0.3) is 16.6 Å². The third kappa shape index (κ3) is 3.91. The van der Waals surface area contributed by atoms with Crippen molar-refractivity contribution in [2.45, 2.75) is 0 Å². The van der Waals surface area contributed by atoms with Crippen molar-refractivity contribution in [1.29, 1.82) is 0 Å². The first-order valence-corrected chi connectivity index (χ1v) is 14.4. The first-order chi connectivity index (χ1) is 15.2. The summed E-state index contributed by atoms with van der Waals surface area (Å²) in [5.74, 6) is 0. The zero-order valence-electron chi connectivity index (χ0n) is 17.5. The largest absolute Gasteiger partial charge is 0.436 e. The van der Waals surface area contributed by atoms with E-state index in [4.69, 9.17) is 4.12 Å². The van der Waals surface area contributed by atoms with Crippen molar-refractivity contribution < 1.29 is 4.12 Å². The fraction of sp³-hybridized carbons (Fsp3) is 0. The van der Waals surface area contributed by atoms with E-state index in [-0.39, 0.29) is 0 Å². The summed E-state index contributed by atoms with van der Waals surface area (Å²) in [6, 6.07) is 42.4. The van der Waals surface area contributed by atoms with Crippen LogP contribution in [0.2, 0.25) is 0 Å². The van der Waals surface area contributed by atoms with Crippen LogP contribution in [0.1, 0.15) is 0 Å². The van der Waals surface area contributed by atoms with Gasteiger partial charge in [0.15, 0.2) is 0 Å². The van der Waals surface area contributed by atoms with E-state index in [9.17, 15) is 0 Å². The summed E-state index contributed by atoms with van der Waals surface area (Å²) in [5, 5.41) is 4.79. The van der Waals surface area contributed by atoms with Gasteiger partial charge in [0, 0.05) is 0 Å². The van der Waals surface area contributed by atoms with Gasteiger partial charge in [0.1, 0.15) is 0 Å². The first kappa shape index (κ1) is 21.0. The van der Waals surface area contributed by atoms with Crippen LogP contribution in [0.15, 0.2) is 146 Å². The number of benzene rings is 4. The third-order valence-electron chi connectivity index (χ3n) is 5.69. The number of rotatable bonds is 8. The molecule has 0 spiro atoms. The number of hydrogen-bond acceptors (Lipinski definition) is 1. The van der Waals surface area contributed by atoms with Gasteiger partial charge in [-0.3, -0.25) is 0 Å². The molecule has 0 saturated carbocycles. The smallest absolute Gasteiger partial charge is 0.278 e. The predicted octanol–water partition coefficient (Wildman–Crippen LogP) is 3.97. The Bertz CT molecular complexity index is 1020. The van der Waals surface area contributed by atoms with Crippen molar-refractivity contribution >= 4 is 37.4 Å². The average Bonchev–Trinajstić information content (AvgIpc) is 2.87. The van der Waals surface area contributed by atoms with Gasteiger partial charge in [0.05, 0.1) is 0 Å². The first-order valence-electron chi connectivity index (χ1n) is 10.4. The molecule has 0 aliphatic heterocycles. The van der Waals surface area contributed by atoms with Crippen LogP contribution in [-0.4, -0.2) is 16.6 Å². The van der Waals surface area contributed by atoms with E-state index in [1.54, 1.807) is 0 Å². The summed E-state index contributed by atoms with van der Waals surface area (Å²) in [6.45, 7) is 8.47. The van der Waals surface area contributed by atoms with Crippen LogP contribution in [0.3, 0.4) is 0 Å². The molecule has 0 saturated heterocycles. The fourth-order valence-electron chi connectivity index (χ4n) is 4.11. The quantitative estimate of drug-likeness (QED) is 0.301. The van der Waals surface area contributed by atoms with Gasteiger partial charge in [-0.15, -0.1) is 13.2 Å². The summed E-state index contributed by atoms with van der Waals surface area (Å²) in [4.78, 5) is 0. The molecule has 0 aliphatic rings. The molecule has 4 aromatic rings. The van der Waals surface area contributed by atoms with Crippen molar-refractivity contribution in [1.82, 2.24) is 0 Å². The van der Waals surface area contributed by atoms with Gasteiger partial charge in [-0.25, -0.2) is 0 Å². The minimum absolute atomic E-state index is 1.15. The lowest BCUT2D eigenvalue weighted by Gasteiger charge is -2.40. The zero-order valence-corrected chi connectivity index (χ0v) is 19.5. The molecule has 0 aromatic heterocycles. The molecule has 31 heavy (non-hydrogen) atoms. The maximum Gasteiger partial charge on any atom is 0.278 e. The van der Waals surface area contributed by atoms with Crippen LogP contribution in [0.25, 0.3) is 0 Å². The minimum Gasteiger partial charge on any atom is -0.436 e. The van der Waals surface area contributed by atoms with Crippen LogP contribution in [0, 0.1) is 0 Å². The lowest BCUT2D eigenvalue weighted by atomic mass is 10.3. The van der Waals surface area contributed by atoms with Crippen LogP contribution < -0.4 is 20.7 Å². The summed E-state index contributed by atoms with van der Waals surface area (Å²) in [7, 11) is -5.58. The van der Waals surface area contributed by atoms with E-state index in [1.807, 2.05) is 17.5 Å². The van der Waals surface area contributed by atoms with E-state index in [0.717, 1.165) is 5.19 Å². The molecule has 0 aliphatic carbocycles. The third-order valence-corrected chi connectivity index (χ3v) is 14.2. The Labute approximate surface area is 187 Å². The molecule has 0 amide bonds. The highest BCUT2D eigenvalue weighted by Crippen LogP contribution is 2.19. The summed E-state index contributed by atoms with van der Waals surface area (Å²) < 4.78 is 7.51. The van der Waals surface area contributed by atoms with E-state index in [2.05, 4.69) is 128 Å². The second kappa shape index (κ2) is 9.27. The summed E-state index contributed by atoms with van der Waals surface area (Å²) in [5.41, 5.74) is 4.01. The molecule has 1 nitrogen and oxygen atoms in total. The van der Waals surface area contributed by atoms with E-state index < -0.39 is 16.6 Å². The molecule has 152 valence electrons. The molecule has 4 rings (SSSR count). The van der Waals surface area contributed by atoms with Crippen molar-refractivity contribution in [2.24, 2.45) is 0 Å². The lowest BCUT2D eigenvalue weighted by Crippen LogP contribution is -2.74. The molecular weight excluding hydrogens is 408 g/mol. The Morgan fingerprint density at radius 1 is 0.452 bits per heavy atom. The maximum atomic E-state index is 7.51. The topological polar surface area (TPSA) is 9.23 Å². The Balaban J connectivity index is 2.05. The number of hydrogen-bond donors (Lipinski definition) is 0. The lowest BCUT2D eigenvalue weighted by molar-refractivity contribution is 0.598. The maximum absolute atomic E-state index is 7.51. The van der Waals surface area contributed by atoms with Crippen LogP contribution in [-0.2, 0) is 4.12 Å². The predicted molar refractivity (Wildman–Crippen MR) is 137 cm³/mol. The molecule has 3 heteroatoms. The Hall–Kier alpha value is -3.25. The molecule has 0 N–H and O–H groups in total. The van der Waals surface area contributed by atoms with Gasteiger partial charge >= 0.3 is 0 Å². The monoisotopic (exact) mass is 434 g/mol. The van der Waals surface area contributed by atoms with E-state index >= 15 is 0 Å². The van der Waals surface area contributed by atoms with Crippen LogP contribution in [0.5, 0.6) is 0 Å². The summed E-state index contributed by atoms with van der Waals surface area (Å²) >= 11 is 0. The molecule has 0 unspecified atom stereocenters. The fourth-order valence-corrected chi connectivity index (χ4v) is 13.0. The van der Waals surface area contributed by atoms with Crippen molar-refractivity contribution in [3.05, 3.63) is 146 Å². The highest BCUT2D eigenvalue weighted by Gasteiger charge is 2.48. The van der Waals surface area contributed by atoms with Gasteiger partial charge in [-0.1, -0.05) is 133 Å². The molecule has 0 bridgehead atoms. The average molecular weight is 435 g/mol. The zero-order chi connectivity index (χ0) is 21.6. The second-order valence-electron chi connectivity index (χ2n) is 7.45. The van der Waals surface area contributed by atoms with E-state index in [1.165, 1.54) is 15.6 Å². The van der Waals surface area contributed by atoms with Gasteiger partial charge in [-0.05, 0) is 20.7 Å². The molecule has 0 atom stereocenters. The molecule has 4 aromatic carbocycles. The Morgan fingerprint density at radius 2 is 0.742 bits per heavy atom. The Kier molecular flexibility index (Phi) is 6.28. The van der Waals surface area contributed by atoms with Crippen molar-refractivity contribution in [3.8, 4) is 0 Å². The van der Waals surface area contributed by atoms with E-state index in [0.29, 0.717) is 0 Å². The van der Waals surface area contributed by atoms with Crippen LogP contribution >= 0.6 is 0 Å². The van der Waals surface area contributed by atoms with Crippen molar-refractivity contribution in [3.63, 3.8) is 0 Å².